The third kappa shape index (κ3) is 4.55. The molecule has 30 heavy (non-hydrogen) atoms. The Labute approximate surface area is 175 Å². The minimum atomic E-state index is -0.504. The van der Waals surface area contributed by atoms with Gasteiger partial charge in [-0.2, -0.15) is 0 Å². The highest BCUT2D eigenvalue weighted by atomic mass is 19.1. The summed E-state index contributed by atoms with van der Waals surface area (Å²) in [6.07, 6.45) is 6.24. The van der Waals surface area contributed by atoms with Crippen LogP contribution < -0.4 is 9.64 Å². The van der Waals surface area contributed by atoms with Crippen LogP contribution in [0.3, 0.4) is 0 Å². The van der Waals surface area contributed by atoms with Gasteiger partial charge in [0.15, 0.2) is 11.6 Å². The van der Waals surface area contributed by atoms with Crippen LogP contribution in [-0.4, -0.2) is 35.9 Å². The average molecular weight is 403 g/mol. The van der Waals surface area contributed by atoms with Gasteiger partial charge in [0.1, 0.15) is 5.75 Å². The predicted molar refractivity (Wildman–Crippen MR) is 115 cm³/mol. The van der Waals surface area contributed by atoms with Crippen molar-refractivity contribution in [3.8, 4) is 11.5 Å². The van der Waals surface area contributed by atoms with Gasteiger partial charge >= 0.3 is 0 Å². The van der Waals surface area contributed by atoms with Crippen LogP contribution in [0.1, 0.15) is 11.1 Å². The molecule has 152 valence electrons. The Morgan fingerprint density at radius 3 is 2.80 bits per heavy atom. The summed E-state index contributed by atoms with van der Waals surface area (Å²) in [4.78, 5) is 20.8. The van der Waals surface area contributed by atoms with Crippen LogP contribution in [0.2, 0.25) is 0 Å². The number of hydrogen-bond acceptors (Lipinski definition) is 4. The summed E-state index contributed by atoms with van der Waals surface area (Å²) in [7, 11) is 2.04. The van der Waals surface area contributed by atoms with Crippen molar-refractivity contribution in [2.24, 2.45) is 0 Å². The minimum absolute atomic E-state index is 0.107. The molecule has 0 spiro atoms. The highest BCUT2D eigenvalue weighted by Crippen LogP contribution is 2.26. The summed E-state index contributed by atoms with van der Waals surface area (Å²) in [5.41, 5.74) is 2.62. The summed E-state index contributed by atoms with van der Waals surface area (Å²) in [6, 6.07) is 15.9. The second kappa shape index (κ2) is 8.88. The molecule has 0 N–H and O–H groups in total. The fourth-order valence-electron chi connectivity index (χ4n) is 3.39. The molecule has 0 saturated heterocycles. The molecule has 0 fully saturated rings. The number of hydrogen-bond donors (Lipinski definition) is 0. The van der Waals surface area contributed by atoms with Gasteiger partial charge in [0, 0.05) is 37.6 Å². The number of amides is 1. The maximum atomic E-state index is 14.4. The van der Waals surface area contributed by atoms with Gasteiger partial charge in [-0.3, -0.25) is 9.78 Å². The largest absolute Gasteiger partial charge is 0.453 e. The fourth-order valence-corrected chi connectivity index (χ4v) is 3.39. The summed E-state index contributed by atoms with van der Waals surface area (Å²) >= 11 is 0. The first kappa shape index (κ1) is 19.8. The van der Waals surface area contributed by atoms with Crippen LogP contribution in [0, 0.1) is 5.82 Å². The molecule has 0 bridgehead atoms. The third-order valence-electron chi connectivity index (χ3n) is 4.93. The van der Waals surface area contributed by atoms with E-state index in [1.807, 2.05) is 31.3 Å². The maximum absolute atomic E-state index is 14.4. The van der Waals surface area contributed by atoms with E-state index in [1.165, 1.54) is 18.3 Å². The highest BCUT2D eigenvalue weighted by molar-refractivity contribution is 6.04. The van der Waals surface area contributed by atoms with Crippen LogP contribution >= 0.6 is 0 Å². The Bertz CT molecular complexity index is 1070. The van der Waals surface area contributed by atoms with E-state index in [-0.39, 0.29) is 11.7 Å². The number of likely N-dealkylation sites (N-methyl/N-ethyl adjacent to an activating group) is 1. The molecule has 1 aromatic heterocycles. The van der Waals surface area contributed by atoms with E-state index in [0.29, 0.717) is 17.9 Å². The molecule has 0 saturated carbocycles. The van der Waals surface area contributed by atoms with Gasteiger partial charge < -0.3 is 14.5 Å². The van der Waals surface area contributed by atoms with E-state index in [2.05, 4.69) is 9.88 Å². The molecule has 1 aliphatic rings. The number of pyridine rings is 1. The topological polar surface area (TPSA) is 45.7 Å². The molecular formula is C24H22FN3O2. The third-order valence-corrected chi connectivity index (χ3v) is 4.93. The summed E-state index contributed by atoms with van der Waals surface area (Å²) in [5, 5.41) is 0. The molecule has 6 heteroatoms. The first-order valence-corrected chi connectivity index (χ1v) is 9.73. The molecule has 1 amide bonds. The lowest BCUT2D eigenvalue weighted by atomic mass is 10.1. The van der Waals surface area contributed by atoms with Gasteiger partial charge in [-0.15, -0.1) is 0 Å². The quantitative estimate of drug-likeness (QED) is 0.602. The highest BCUT2D eigenvalue weighted by Gasteiger charge is 2.21. The van der Waals surface area contributed by atoms with Crippen LogP contribution in [0.15, 0.2) is 73.1 Å². The van der Waals surface area contributed by atoms with Crippen molar-refractivity contribution in [3.05, 3.63) is 90.0 Å². The molecular weight excluding hydrogens is 381 g/mol. The molecule has 2 aromatic carbocycles. The Kier molecular flexibility index (Phi) is 5.86. The molecule has 4 rings (SSSR count). The number of carbonyl (C=O) groups is 1. The number of ether oxygens (including phenoxy) is 1. The zero-order chi connectivity index (χ0) is 20.9. The first-order valence-electron chi connectivity index (χ1n) is 9.73. The second-order valence-corrected chi connectivity index (χ2v) is 7.17. The standard InChI is InChI=1S/C24H22FN3O2/c1-27-13-14-28(22-7-3-2-5-19(22)17-27)24(29)11-9-18-8-10-23(21(25)15-18)30-20-6-4-12-26-16-20/h2-12,15-16H,13-14,17H2,1H3/b11-9+. The van der Waals surface area contributed by atoms with Crippen LogP contribution in [0.4, 0.5) is 10.1 Å². The van der Waals surface area contributed by atoms with Crippen molar-refractivity contribution in [1.82, 2.24) is 9.88 Å². The molecule has 2 heterocycles. The number of fused-ring (bicyclic) bond motifs is 1. The van der Waals surface area contributed by atoms with E-state index in [9.17, 15) is 9.18 Å². The molecule has 0 aliphatic carbocycles. The van der Waals surface area contributed by atoms with Crippen molar-refractivity contribution in [3.63, 3.8) is 0 Å². The van der Waals surface area contributed by atoms with Gasteiger partial charge in [0.05, 0.1) is 6.20 Å². The number of aromatic nitrogens is 1. The average Bonchev–Trinajstić information content (AvgIpc) is 2.92. The van der Waals surface area contributed by atoms with Gasteiger partial charge in [0.25, 0.3) is 5.91 Å². The van der Waals surface area contributed by atoms with Crippen molar-refractivity contribution in [2.75, 3.05) is 25.0 Å². The Balaban J connectivity index is 1.50. The lowest BCUT2D eigenvalue weighted by Crippen LogP contribution is -2.33. The molecule has 5 nitrogen and oxygen atoms in total. The van der Waals surface area contributed by atoms with Crippen molar-refractivity contribution in [2.45, 2.75) is 6.54 Å². The number of carbonyl (C=O) groups excluding carboxylic acids is 1. The first-order chi connectivity index (χ1) is 14.6. The summed E-state index contributed by atoms with van der Waals surface area (Å²) < 4.78 is 19.9. The molecule has 3 aromatic rings. The number of nitrogens with zero attached hydrogens (tertiary/aromatic N) is 3. The van der Waals surface area contributed by atoms with E-state index in [0.717, 1.165) is 24.3 Å². The van der Waals surface area contributed by atoms with Crippen molar-refractivity contribution < 1.29 is 13.9 Å². The Hall–Kier alpha value is -3.51. The minimum Gasteiger partial charge on any atom is -0.453 e. The molecule has 0 unspecified atom stereocenters. The van der Waals surface area contributed by atoms with Crippen LogP contribution in [0.5, 0.6) is 11.5 Å². The van der Waals surface area contributed by atoms with Crippen LogP contribution in [-0.2, 0) is 11.3 Å². The molecule has 1 aliphatic heterocycles. The van der Waals surface area contributed by atoms with Crippen molar-refractivity contribution in [1.29, 1.82) is 0 Å². The molecule has 0 radical (unpaired) electrons. The lowest BCUT2D eigenvalue weighted by molar-refractivity contribution is -0.114. The van der Waals surface area contributed by atoms with E-state index in [4.69, 9.17) is 4.74 Å². The van der Waals surface area contributed by atoms with Crippen LogP contribution in [0.25, 0.3) is 6.08 Å². The fraction of sp³-hybridized carbons (Fsp3) is 0.167. The lowest BCUT2D eigenvalue weighted by Gasteiger charge is -2.21. The zero-order valence-corrected chi connectivity index (χ0v) is 16.7. The number of benzene rings is 2. The summed E-state index contributed by atoms with van der Waals surface area (Å²) in [6.45, 7) is 2.18. The number of anilines is 1. The maximum Gasteiger partial charge on any atom is 0.251 e. The van der Waals surface area contributed by atoms with Gasteiger partial charge in [-0.05, 0) is 54.6 Å². The van der Waals surface area contributed by atoms with E-state index >= 15 is 0 Å². The number of para-hydroxylation sites is 1. The normalized spacial score (nSPS) is 14.4. The van der Waals surface area contributed by atoms with E-state index in [1.54, 1.807) is 41.4 Å². The Morgan fingerprint density at radius 2 is 2.00 bits per heavy atom. The zero-order valence-electron chi connectivity index (χ0n) is 16.7. The number of halogens is 1. The SMILES string of the molecule is CN1CCN(C(=O)/C=C/c2ccc(Oc3cccnc3)c(F)c2)c2ccccc2C1. The monoisotopic (exact) mass is 403 g/mol. The van der Waals surface area contributed by atoms with Gasteiger partial charge in [0.2, 0.25) is 0 Å². The Morgan fingerprint density at radius 1 is 1.13 bits per heavy atom. The second-order valence-electron chi connectivity index (χ2n) is 7.17. The predicted octanol–water partition coefficient (Wildman–Crippen LogP) is 4.50. The van der Waals surface area contributed by atoms with Crippen molar-refractivity contribution >= 4 is 17.7 Å². The number of rotatable bonds is 4. The van der Waals surface area contributed by atoms with Gasteiger partial charge in [-0.25, -0.2) is 4.39 Å². The smallest absolute Gasteiger partial charge is 0.251 e. The summed E-state index contributed by atoms with van der Waals surface area (Å²) in [5.74, 6) is -0.0698. The molecule has 0 atom stereocenters. The van der Waals surface area contributed by atoms with Gasteiger partial charge in [-0.1, -0.05) is 24.3 Å². The van der Waals surface area contributed by atoms with E-state index < -0.39 is 5.82 Å².